The molecular formula is C22H21N7O3S. The molecule has 3 N–H and O–H groups in total. The van der Waals surface area contributed by atoms with Crippen LogP contribution in [0.4, 0.5) is 5.82 Å². The number of carboxylic acids is 1. The summed E-state index contributed by atoms with van der Waals surface area (Å²) in [6.07, 6.45) is 5.30. The SMILES string of the molecule is CCNC(=S)Nc1ccc2ncc(-c3cnn(Cc4ccc(OCC(=O)O)cc4)c3)nc2n1. The molecule has 168 valence electrons. The van der Waals surface area contributed by atoms with E-state index in [1.54, 1.807) is 35.3 Å². The molecule has 0 fully saturated rings. The van der Waals surface area contributed by atoms with Gasteiger partial charge >= 0.3 is 5.97 Å². The third-order valence-electron chi connectivity index (χ3n) is 4.54. The van der Waals surface area contributed by atoms with Gasteiger partial charge in [0.1, 0.15) is 17.1 Å². The minimum absolute atomic E-state index is 0.372. The fourth-order valence-corrected chi connectivity index (χ4v) is 3.28. The van der Waals surface area contributed by atoms with Crippen molar-refractivity contribution in [1.82, 2.24) is 30.0 Å². The summed E-state index contributed by atoms with van der Waals surface area (Å²) in [5.74, 6) is 0.0762. The second-order valence-corrected chi connectivity index (χ2v) is 7.44. The number of carboxylic acid groups (broad SMARTS) is 1. The third kappa shape index (κ3) is 5.77. The maximum Gasteiger partial charge on any atom is 0.341 e. The number of aliphatic carboxylic acids is 1. The minimum Gasteiger partial charge on any atom is -0.482 e. The Bertz CT molecular complexity index is 1290. The molecule has 0 saturated carbocycles. The molecule has 3 heterocycles. The number of nitrogens with one attached hydrogen (secondary N) is 2. The maximum atomic E-state index is 10.6. The zero-order valence-corrected chi connectivity index (χ0v) is 18.5. The predicted octanol–water partition coefficient (Wildman–Crippen LogP) is 2.71. The molecular weight excluding hydrogens is 442 g/mol. The van der Waals surface area contributed by atoms with E-state index >= 15 is 0 Å². The van der Waals surface area contributed by atoms with Crippen LogP contribution in [0.1, 0.15) is 12.5 Å². The van der Waals surface area contributed by atoms with E-state index in [0.717, 1.165) is 17.7 Å². The fourth-order valence-electron chi connectivity index (χ4n) is 3.03. The van der Waals surface area contributed by atoms with Gasteiger partial charge in [-0.15, -0.1) is 0 Å². The Morgan fingerprint density at radius 2 is 1.97 bits per heavy atom. The maximum absolute atomic E-state index is 10.6. The van der Waals surface area contributed by atoms with Crippen LogP contribution in [0.3, 0.4) is 0 Å². The first-order chi connectivity index (χ1) is 16.0. The first-order valence-electron chi connectivity index (χ1n) is 10.1. The Balaban J connectivity index is 1.47. The molecule has 0 aliphatic carbocycles. The van der Waals surface area contributed by atoms with Crippen molar-refractivity contribution in [1.29, 1.82) is 0 Å². The van der Waals surface area contributed by atoms with Crippen LogP contribution in [-0.4, -0.2) is 54.1 Å². The molecule has 0 unspecified atom stereocenters. The molecule has 1 aromatic carbocycles. The van der Waals surface area contributed by atoms with E-state index in [0.29, 0.717) is 40.1 Å². The van der Waals surface area contributed by atoms with Crippen LogP contribution in [0.25, 0.3) is 22.4 Å². The molecule has 0 atom stereocenters. The highest BCUT2D eigenvalue weighted by atomic mass is 32.1. The van der Waals surface area contributed by atoms with E-state index in [-0.39, 0.29) is 6.61 Å². The van der Waals surface area contributed by atoms with Gasteiger partial charge in [0.05, 0.1) is 24.6 Å². The average Bonchev–Trinajstić information content (AvgIpc) is 3.27. The standard InChI is InChI=1S/C22H21N7O3S/c1-2-23-22(33)28-19-8-7-17-21(27-19)26-18(10-24-17)15-9-25-29(12-15)11-14-3-5-16(6-4-14)32-13-20(30)31/h3-10,12H,2,11,13H2,1H3,(H,30,31)(H2,23,26,27,28,33). The number of carbonyl (C=O) groups is 1. The lowest BCUT2D eigenvalue weighted by molar-refractivity contribution is -0.139. The number of ether oxygens (including phenoxy) is 1. The van der Waals surface area contributed by atoms with Gasteiger partial charge in [0.2, 0.25) is 0 Å². The highest BCUT2D eigenvalue weighted by molar-refractivity contribution is 7.80. The second-order valence-electron chi connectivity index (χ2n) is 7.03. The molecule has 0 saturated heterocycles. The zero-order chi connectivity index (χ0) is 23.2. The molecule has 0 spiro atoms. The van der Waals surface area contributed by atoms with E-state index in [1.807, 2.05) is 31.3 Å². The summed E-state index contributed by atoms with van der Waals surface area (Å²) >= 11 is 5.21. The number of anilines is 1. The number of pyridine rings is 1. The van der Waals surface area contributed by atoms with E-state index in [2.05, 4.69) is 30.7 Å². The lowest BCUT2D eigenvalue weighted by atomic mass is 10.2. The van der Waals surface area contributed by atoms with E-state index in [1.165, 1.54) is 0 Å². The summed E-state index contributed by atoms with van der Waals surface area (Å²) in [4.78, 5) is 24.2. The Hall–Kier alpha value is -4.12. The van der Waals surface area contributed by atoms with E-state index in [4.69, 9.17) is 22.1 Å². The lowest BCUT2D eigenvalue weighted by Gasteiger charge is -2.08. The fraction of sp³-hybridized carbons (Fsp3) is 0.182. The molecule has 0 bridgehead atoms. The predicted molar refractivity (Wildman–Crippen MR) is 127 cm³/mol. The number of fused-ring (bicyclic) bond motifs is 1. The van der Waals surface area contributed by atoms with E-state index in [9.17, 15) is 4.79 Å². The zero-order valence-electron chi connectivity index (χ0n) is 17.7. The molecule has 0 aliphatic heterocycles. The average molecular weight is 464 g/mol. The molecule has 0 aliphatic rings. The summed E-state index contributed by atoms with van der Waals surface area (Å²) in [7, 11) is 0. The normalized spacial score (nSPS) is 10.7. The van der Waals surface area contributed by atoms with Gasteiger partial charge in [0.25, 0.3) is 0 Å². The quantitative estimate of drug-likeness (QED) is 0.336. The summed E-state index contributed by atoms with van der Waals surface area (Å²) < 4.78 is 6.94. The van der Waals surface area contributed by atoms with Crippen molar-refractivity contribution in [3.8, 4) is 17.0 Å². The molecule has 10 nitrogen and oxygen atoms in total. The highest BCUT2D eigenvalue weighted by Crippen LogP contribution is 2.20. The van der Waals surface area contributed by atoms with Crippen molar-refractivity contribution >= 4 is 40.3 Å². The van der Waals surface area contributed by atoms with Crippen molar-refractivity contribution in [2.45, 2.75) is 13.5 Å². The topological polar surface area (TPSA) is 127 Å². The Morgan fingerprint density at radius 3 is 2.73 bits per heavy atom. The molecule has 3 aromatic heterocycles. The van der Waals surface area contributed by atoms with Gasteiger partial charge in [0, 0.05) is 18.3 Å². The lowest BCUT2D eigenvalue weighted by Crippen LogP contribution is -2.28. The molecule has 4 rings (SSSR count). The number of hydrogen-bond donors (Lipinski definition) is 3. The molecule has 33 heavy (non-hydrogen) atoms. The smallest absolute Gasteiger partial charge is 0.341 e. The van der Waals surface area contributed by atoms with Crippen LogP contribution < -0.4 is 15.4 Å². The number of nitrogens with zero attached hydrogens (tertiary/aromatic N) is 5. The van der Waals surface area contributed by atoms with Crippen LogP contribution in [0, 0.1) is 0 Å². The van der Waals surface area contributed by atoms with Crippen molar-refractivity contribution in [2.75, 3.05) is 18.5 Å². The van der Waals surface area contributed by atoms with Crippen molar-refractivity contribution < 1.29 is 14.6 Å². The third-order valence-corrected chi connectivity index (χ3v) is 4.79. The van der Waals surface area contributed by atoms with Crippen LogP contribution in [0.2, 0.25) is 0 Å². The van der Waals surface area contributed by atoms with Crippen LogP contribution in [0.15, 0.2) is 55.0 Å². The monoisotopic (exact) mass is 463 g/mol. The Labute approximate surface area is 194 Å². The van der Waals surface area contributed by atoms with Gasteiger partial charge in [-0.1, -0.05) is 12.1 Å². The number of hydrogen-bond acceptors (Lipinski definition) is 7. The highest BCUT2D eigenvalue weighted by Gasteiger charge is 2.09. The van der Waals surface area contributed by atoms with Crippen LogP contribution >= 0.6 is 12.2 Å². The van der Waals surface area contributed by atoms with E-state index < -0.39 is 5.97 Å². The summed E-state index contributed by atoms with van der Waals surface area (Å²) in [5.41, 5.74) is 3.64. The van der Waals surface area contributed by atoms with Gasteiger partial charge in [-0.3, -0.25) is 9.67 Å². The van der Waals surface area contributed by atoms with Gasteiger partial charge in [-0.05, 0) is 49.0 Å². The Morgan fingerprint density at radius 1 is 1.15 bits per heavy atom. The summed E-state index contributed by atoms with van der Waals surface area (Å²) in [6.45, 7) is 2.85. The second kappa shape index (κ2) is 10.0. The van der Waals surface area contributed by atoms with Gasteiger partial charge in [0.15, 0.2) is 17.4 Å². The first-order valence-corrected chi connectivity index (χ1v) is 10.6. The number of thiocarbonyl (C=S) groups is 1. The van der Waals surface area contributed by atoms with Gasteiger partial charge < -0.3 is 20.5 Å². The van der Waals surface area contributed by atoms with Crippen LogP contribution in [0.5, 0.6) is 5.75 Å². The number of aromatic nitrogens is 5. The summed E-state index contributed by atoms with van der Waals surface area (Å²) in [6, 6.07) is 10.8. The Kier molecular flexibility index (Phi) is 6.69. The first kappa shape index (κ1) is 22.1. The molecule has 0 radical (unpaired) electrons. The minimum atomic E-state index is -1.01. The van der Waals surface area contributed by atoms with Gasteiger partial charge in [-0.2, -0.15) is 5.10 Å². The molecule has 11 heteroatoms. The van der Waals surface area contributed by atoms with Crippen LogP contribution in [-0.2, 0) is 11.3 Å². The van der Waals surface area contributed by atoms with Crippen molar-refractivity contribution in [3.63, 3.8) is 0 Å². The van der Waals surface area contributed by atoms with Crippen molar-refractivity contribution in [3.05, 3.63) is 60.6 Å². The number of benzene rings is 1. The number of rotatable bonds is 8. The summed E-state index contributed by atoms with van der Waals surface area (Å²) in [5, 5.41) is 19.6. The largest absolute Gasteiger partial charge is 0.482 e. The van der Waals surface area contributed by atoms with Crippen molar-refractivity contribution in [2.24, 2.45) is 0 Å². The molecule has 4 aromatic rings. The van der Waals surface area contributed by atoms with Gasteiger partial charge in [-0.25, -0.2) is 14.8 Å². The molecule has 0 amide bonds.